The zero-order valence-electron chi connectivity index (χ0n) is 15.0. The summed E-state index contributed by atoms with van der Waals surface area (Å²) in [5.41, 5.74) is 0.463. The van der Waals surface area contributed by atoms with Gasteiger partial charge in [0, 0.05) is 6.26 Å². The van der Waals surface area contributed by atoms with E-state index in [4.69, 9.17) is 4.42 Å². The van der Waals surface area contributed by atoms with Crippen LogP contribution in [0.15, 0.2) is 44.6 Å². The molecule has 0 aliphatic rings. The van der Waals surface area contributed by atoms with Crippen LogP contribution in [0.25, 0.3) is 10.2 Å². The first-order valence-electron chi connectivity index (χ1n) is 7.83. The summed E-state index contributed by atoms with van der Waals surface area (Å²) < 4.78 is 34.9. The molecule has 0 atom stereocenters. The van der Waals surface area contributed by atoms with Crippen molar-refractivity contribution in [2.75, 3.05) is 13.4 Å². The highest BCUT2D eigenvalue weighted by molar-refractivity contribution is 7.90. The molecule has 3 rings (SSSR count). The number of hydrogen-bond acceptors (Lipinski definition) is 9. The molecule has 2 heterocycles. The number of aromatic nitrogens is 1. The molecule has 0 unspecified atom stereocenters. The Hall–Kier alpha value is -3.32. The maximum absolute atomic E-state index is 12.4. The zero-order chi connectivity index (χ0) is 21.3. The van der Waals surface area contributed by atoms with Crippen molar-refractivity contribution < 1.29 is 32.1 Å². The van der Waals surface area contributed by atoms with Gasteiger partial charge in [0.1, 0.15) is 11.5 Å². The maximum Gasteiger partial charge on any atom is 0.433 e. The standard InChI is InChI=1S/C16H13N3O8S2/c1-26-14(20)8-18-10-4-3-9(29(2,24)25)7-12(10)28-16(18)17-15(21)11-5-6-13(27-11)19(22)23/h3-7H,8H2,1-2H3. The van der Waals surface area contributed by atoms with Crippen molar-refractivity contribution in [3.8, 4) is 0 Å². The van der Waals surface area contributed by atoms with E-state index in [2.05, 4.69) is 9.73 Å². The average Bonchev–Trinajstić information content (AvgIpc) is 3.26. The molecule has 0 N–H and O–H groups in total. The molecule has 0 saturated heterocycles. The highest BCUT2D eigenvalue weighted by Crippen LogP contribution is 2.22. The third-order valence-electron chi connectivity index (χ3n) is 3.78. The molecule has 0 aliphatic heterocycles. The van der Waals surface area contributed by atoms with E-state index in [1.807, 2.05) is 0 Å². The molecule has 152 valence electrons. The van der Waals surface area contributed by atoms with Gasteiger partial charge in [-0.3, -0.25) is 19.7 Å². The molecule has 3 aromatic rings. The Morgan fingerprint density at radius 3 is 2.62 bits per heavy atom. The molecule has 29 heavy (non-hydrogen) atoms. The van der Waals surface area contributed by atoms with Crippen LogP contribution in [0.1, 0.15) is 10.6 Å². The number of benzene rings is 1. The van der Waals surface area contributed by atoms with Crippen LogP contribution in [0.2, 0.25) is 0 Å². The van der Waals surface area contributed by atoms with Crippen molar-refractivity contribution in [3.05, 3.63) is 51.0 Å². The van der Waals surface area contributed by atoms with Crippen LogP contribution in [0.3, 0.4) is 0 Å². The quantitative estimate of drug-likeness (QED) is 0.330. The van der Waals surface area contributed by atoms with Gasteiger partial charge >= 0.3 is 17.8 Å². The number of carbonyl (C=O) groups is 2. The second kappa shape index (κ2) is 7.60. The lowest BCUT2D eigenvalue weighted by Gasteiger charge is -2.04. The number of thiazole rings is 1. The molecule has 1 aromatic carbocycles. The van der Waals surface area contributed by atoms with Crippen molar-refractivity contribution in [1.82, 2.24) is 4.57 Å². The summed E-state index contributed by atoms with van der Waals surface area (Å²) in [6.07, 6.45) is 1.06. The predicted molar refractivity (Wildman–Crippen MR) is 100 cm³/mol. The number of amides is 1. The molecule has 0 aliphatic carbocycles. The molecule has 0 bridgehead atoms. The minimum Gasteiger partial charge on any atom is -0.468 e. The molecule has 1 amide bonds. The second-order valence-corrected chi connectivity index (χ2v) is 8.79. The van der Waals surface area contributed by atoms with Gasteiger partial charge in [-0.1, -0.05) is 11.3 Å². The van der Waals surface area contributed by atoms with E-state index in [-0.39, 0.29) is 22.0 Å². The van der Waals surface area contributed by atoms with Gasteiger partial charge in [0.2, 0.25) is 5.76 Å². The van der Waals surface area contributed by atoms with Crippen molar-refractivity contribution in [2.24, 2.45) is 4.99 Å². The van der Waals surface area contributed by atoms with Gasteiger partial charge in [0.15, 0.2) is 14.6 Å². The SMILES string of the molecule is COC(=O)Cn1c(=NC(=O)c2ccc([N+](=O)[O-])o2)sc2cc(S(C)(=O)=O)ccc21. The van der Waals surface area contributed by atoms with Crippen LogP contribution < -0.4 is 4.80 Å². The predicted octanol–water partition coefficient (Wildman–Crippen LogP) is 1.52. The number of fused-ring (bicyclic) bond motifs is 1. The lowest BCUT2D eigenvalue weighted by Crippen LogP contribution is -2.22. The number of sulfone groups is 1. The van der Waals surface area contributed by atoms with Gasteiger partial charge < -0.3 is 13.7 Å². The van der Waals surface area contributed by atoms with E-state index in [1.54, 1.807) is 0 Å². The van der Waals surface area contributed by atoms with E-state index in [0.29, 0.717) is 10.2 Å². The van der Waals surface area contributed by atoms with Gasteiger partial charge in [0.25, 0.3) is 0 Å². The average molecular weight is 439 g/mol. The van der Waals surface area contributed by atoms with E-state index in [1.165, 1.54) is 29.9 Å². The summed E-state index contributed by atoms with van der Waals surface area (Å²) in [7, 11) is -2.27. The van der Waals surface area contributed by atoms with E-state index < -0.39 is 32.5 Å². The lowest BCUT2D eigenvalue weighted by atomic mass is 10.3. The topological polar surface area (TPSA) is 151 Å². The first-order valence-corrected chi connectivity index (χ1v) is 10.5. The molecule has 0 saturated carbocycles. The summed E-state index contributed by atoms with van der Waals surface area (Å²) in [4.78, 5) is 38.1. The van der Waals surface area contributed by atoms with Crippen LogP contribution >= 0.6 is 11.3 Å². The van der Waals surface area contributed by atoms with Crippen molar-refractivity contribution >= 4 is 49.2 Å². The van der Waals surface area contributed by atoms with Gasteiger partial charge in [-0.25, -0.2) is 8.42 Å². The highest BCUT2D eigenvalue weighted by Gasteiger charge is 2.19. The number of rotatable bonds is 5. The van der Waals surface area contributed by atoms with Crippen LogP contribution in [-0.4, -0.2) is 43.2 Å². The Morgan fingerprint density at radius 1 is 1.31 bits per heavy atom. The van der Waals surface area contributed by atoms with Crippen molar-refractivity contribution in [1.29, 1.82) is 0 Å². The lowest BCUT2D eigenvalue weighted by molar-refractivity contribution is -0.402. The zero-order valence-corrected chi connectivity index (χ0v) is 16.7. The third-order valence-corrected chi connectivity index (χ3v) is 5.93. The molecule has 0 fully saturated rings. The molecule has 13 heteroatoms. The van der Waals surface area contributed by atoms with Crippen molar-refractivity contribution in [3.63, 3.8) is 0 Å². The molecule has 2 aromatic heterocycles. The monoisotopic (exact) mass is 439 g/mol. The van der Waals surface area contributed by atoms with Gasteiger partial charge in [0.05, 0.1) is 28.3 Å². The molecular weight excluding hydrogens is 426 g/mol. The minimum absolute atomic E-state index is 0.0657. The summed E-state index contributed by atoms with van der Waals surface area (Å²) >= 11 is 0.970. The van der Waals surface area contributed by atoms with E-state index >= 15 is 0 Å². The number of nitro groups is 1. The molecule has 0 spiro atoms. The van der Waals surface area contributed by atoms with Gasteiger partial charge in [-0.2, -0.15) is 4.99 Å². The molecule has 0 radical (unpaired) electrons. The Kier molecular flexibility index (Phi) is 5.35. The number of carbonyl (C=O) groups excluding carboxylic acids is 2. The minimum atomic E-state index is -3.47. The summed E-state index contributed by atoms with van der Waals surface area (Å²) in [5.74, 6) is -2.47. The third kappa shape index (κ3) is 4.25. The Bertz CT molecular complexity index is 1310. The number of methoxy groups -OCH3 is 1. The number of hydrogen-bond donors (Lipinski definition) is 0. The van der Waals surface area contributed by atoms with Gasteiger partial charge in [-0.05, 0) is 24.3 Å². The van der Waals surface area contributed by atoms with Crippen LogP contribution in [0.5, 0.6) is 0 Å². The normalized spacial score (nSPS) is 12.3. The first-order chi connectivity index (χ1) is 13.6. The first kappa shape index (κ1) is 20.4. The largest absolute Gasteiger partial charge is 0.468 e. The van der Waals surface area contributed by atoms with Gasteiger partial charge in [-0.15, -0.1) is 0 Å². The van der Waals surface area contributed by atoms with Crippen LogP contribution in [0.4, 0.5) is 5.88 Å². The Balaban J connectivity index is 2.16. The van der Waals surface area contributed by atoms with E-state index in [0.717, 1.165) is 29.7 Å². The number of esters is 1. The summed E-state index contributed by atoms with van der Waals surface area (Å²) in [6.45, 7) is -0.279. The number of ether oxygens (including phenoxy) is 1. The summed E-state index contributed by atoms with van der Waals surface area (Å²) in [6, 6.07) is 6.41. The summed E-state index contributed by atoms with van der Waals surface area (Å²) in [5, 5.41) is 10.7. The fourth-order valence-electron chi connectivity index (χ4n) is 2.40. The fraction of sp³-hybridized carbons (Fsp3) is 0.188. The second-order valence-electron chi connectivity index (χ2n) is 5.76. The smallest absolute Gasteiger partial charge is 0.433 e. The number of furan rings is 1. The van der Waals surface area contributed by atoms with Crippen molar-refractivity contribution in [2.45, 2.75) is 11.4 Å². The maximum atomic E-state index is 12.4. The van der Waals surface area contributed by atoms with Crippen LogP contribution in [-0.2, 0) is 25.9 Å². The van der Waals surface area contributed by atoms with E-state index in [9.17, 15) is 28.1 Å². The highest BCUT2D eigenvalue weighted by atomic mass is 32.2. The molecular formula is C16H13N3O8S2. The molecule has 11 nitrogen and oxygen atoms in total. The Morgan fingerprint density at radius 2 is 2.03 bits per heavy atom. The number of nitrogens with zero attached hydrogens (tertiary/aromatic N) is 3. The van der Waals surface area contributed by atoms with Crippen LogP contribution in [0, 0.1) is 10.1 Å². The Labute approximate surface area is 166 Å². The fourth-order valence-corrected chi connectivity index (χ4v) is 4.19.